The third-order valence-electron chi connectivity index (χ3n) is 2.16. The van der Waals surface area contributed by atoms with Gasteiger partial charge in [0.15, 0.2) is 5.82 Å². The zero-order chi connectivity index (χ0) is 12.8. The lowest BCUT2D eigenvalue weighted by Gasteiger charge is -2.13. The van der Waals surface area contributed by atoms with Gasteiger partial charge in [-0.15, -0.1) is 0 Å². The lowest BCUT2D eigenvalue weighted by molar-refractivity contribution is -0.384. The van der Waals surface area contributed by atoms with Crippen molar-refractivity contribution >= 4 is 11.5 Å². The van der Waals surface area contributed by atoms with Crippen LogP contribution < -0.4 is 16.0 Å². The highest BCUT2D eigenvalue weighted by molar-refractivity contribution is 5.47. The monoisotopic (exact) mass is 240 g/mol. The van der Waals surface area contributed by atoms with Crippen LogP contribution in [-0.4, -0.2) is 16.0 Å². The fourth-order valence-corrected chi connectivity index (χ4v) is 1.40. The van der Waals surface area contributed by atoms with Gasteiger partial charge in [-0.2, -0.15) is 4.98 Å². The Balaban J connectivity index is 2.90. The van der Waals surface area contributed by atoms with Gasteiger partial charge in [-0.05, 0) is 13.3 Å². The van der Waals surface area contributed by atoms with Crippen molar-refractivity contribution in [2.24, 2.45) is 5.84 Å². The quantitative estimate of drug-likeness (QED) is 0.446. The van der Waals surface area contributed by atoms with Crippen molar-refractivity contribution in [3.05, 3.63) is 22.2 Å². The van der Waals surface area contributed by atoms with Crippen molar-refractivity contribution in [2.75, 3.05) is 5.43 Å². The Hall–Kier alpha value is -1.89. The van der Waals surface area contributed by atoms with Gasteiger partial charge in [-0.25, -0.2) is 5.84 Å². The van der Waals surface area contributed by atoms with Gasteiger partial charge in [0.1, 0.15) is 0 Å². The van der Waals surface area contributed by atoms with E-state index in [1.807, 2.05) is 13.8 Å². The first-order valence-corrected chi connectivity index (χ1v) is 5.36. The fourth-order valence-electron chi connectivity index (χ4n) is 1.40. The van der Waals surface area contributed by atoms with E-state index in [1.54, 1.807) is 0 Å². The van der Waals surface area contributed by atoms with Crippen LogP contribution >= 0.6 is 0 Å². The van der Waals surface area contributed by atoms with Crippen LogP contribution in [0.4, 0.5) is 11.5 Å². The molecule has 1 aromatic heterocycles. The molecule has 1 heterocycles. The first kappa shape index (κ1) is 13.2. The molecule has 0 amide bonds. The Labute approximate surface area is 99.1 Å². The number of nitrogen functional groups attached to an aromatic ring is 1. The molecular weight excluding hydrogens is 224 g/mol. The second kappa shape index (κ2) is 6.00. The van der Waals surface area contributed by atoms with Crippen molar-refractivity contribution in [1.29, 1.82) is 0 Å². The molecule has 0 fully saturated rings. The van der Waals surface area contributed by atoms with E-state index in [0.717, 1.165) is 12.8 Å². The van der Waals surface area contributed by atoms with Crippen molar-refractivity contribution in [2.45, 2.75) is 32.8 Å². The van der Waals surface area contributed by atoms with E-state index in [4.69, 9.17) is 10.6 Å². The standard InChI is InChI=1S/C10H16N4O3/c1-3-4-7(2)17-10-6-8(14(15)16)5-9(12-10)13-11/h5-7H,3-4,11H2,1-2H3,(H,12,13). The minimum Gasteiger partial charge on any atom is -0.474 e. The maximum Gasteiger partial charge on any atom is 0.278 e. The summed E-state index contributed by atoms with van der Waals surface area (Å²) in [7, 11) is 0. The van der Waals surface area contributed by atoms with Crippen LogP contribution in [0.2, 0.25) is 0 Å². The molecule has 0 saturated carbocycles. The number of nitro groups is 1. The number of hydrogen-bond donors (Lipinski definition) is 2. The summed E-state index contributed by atoms with van der Waals surface area (Å²) < 4.78 is 5.48. The number of pyridine rings is 1. The molecule has 94 valence electrons. The van der Waals surface area contributed by atoms with Gasteiger partial charge in [0.2, 0.25) is 5.88 Å². The summed E-state index contributed by atoms with van der Waals surface area (Å²) >= 11 is 0. The molecule has 7 nitrogen and oxygen atoms in total. The molecule has 3 N–H and O–H groups in total. The molecule has 0 aliphatic rings. The third-order valence-corrected chi connectivity index (χ3v) is 2.16. The van der Waals surface area contributed by atoms with Crippen LogP contribution in [0.1, 0.15) is 26.7 Å². The molecule has 17 heavy (non-hydrogen) atoms. The summed E-state index contributed by atoms with van der Waals surface area (Å²) in [5, 5.41) is 10.7. The molecular formula is C10H16N4O3. The number of nitrogens with one attached hydrogen (secondary N) is 1. The molecule has 0 aromatic carbocycles. The van der Waals surface area contributed by atoms with E-state index < -0.39 is 4.92 Å². The average Bonchev–Trinajstić information content (AvgIpc) is 2.28. The van der Waals surface area contributed by atoms with Gasteiger partial charge in [0.05, 0.1) is 23.2 Å². The smallest absolute Gasteiger partial charge is 0.278 e. The minimum atomic E-state index is -0.514. The molecule has 0 radical (unpaired) electrons. The van der Waals surface area contributed by atoms with Crippen LogP contribution in [0, 0.1) is 10.1 Å². The largest absolute Gasteiger partial charge is 0.474 e. The van der Waals surface area contributed by atoms with Gasteiger partial charge in [0, 0.05) is 0 Å². The predicted molar refractivity (Wildman–Crippen MR) is 63.7 cm³/mol. The number of rotatable bonds is 6. The molecule has 0 saturated heterocycles. The lowest BCUT2D eigenvalue weighted by Crippen LogP contribution is -2.14. The Bertz CT molecular complexity index is 397. The highest BCUT2D eigenvalue weighted by atomic mass is 16.6. The number of anilines is 1. The van der Waals surface area contributed by atoms with Gasteiger partial charge < -0.3 is 10.2 Å². The summed E-state index contributed by atoms with van der Waals surface area (Å²) in [6.45, 7) is 3.92. The predicted octanol–water partition coefficient (Wildman–Crippen LogP) is 1.84. The number of nitrogens with two attached hydrogens (primary N) is 1. The highest BCUT2D eigenvalue weighted by Crippen LogP contribution is 2.22. The summed E-state index contributed by atoms with van der Waals surface area (Å²) in [6.07, 6.45) is 1.79. The van der Waals surface area contributed by atoms with Crippen LogP contribution in [0.5, 0.6) is 5.88 Å². The number of nitrogens with zero attached hydrogens (tertiary/aromatic N) is 2. The molecule has 1 rings (SSSR count). The first-order valence-electron chi connectivity index (χ1n) is 5.36. The van der Waals surface area contributed by atoms with Crippen LogP contribution in [0.15, 0.2) is 12.1 Å². The molecule has 1 atom stereocenters. The van der Waals surface area contributed by atoms with Gasteiger partial charge in [-0.1, -0.05) is 13.3 Å². The topological polar surface area (TPSA) is 103 Å². The maximum absolute atomic E-state index is 10.7. The first-order chi connectivity index (χ1) is 8.06. The second-order valence-corrected chi connectivity index (χ2v) is 3.67. The fraction of sp³-hybridized carbons (Fsp3) is 0.500. The normalized spacial score (nSPS) is 11.9. The lowest BCUT2D eigenvalue weighted by atomic mass is 10.2. The molecule has 0 bridgehead atoms. The van der Waals surface area contributed by atoms with E-state index in [0.29, 0.717) is 0 Å². The molecule has 1 unspecified atom stereocenters. The van der Waals surface area contributed by atoms with Crippen molar-refractivity contribution in [3.63, 3.8) is 0 Å². The van der Waals surface area contributed by atoms with Gasteiger partial charge in [-0.3, -0.25) is 10.1 Å². The zero-order valence-corrected chi connectivity index (χ0v) is 9.84. The highest BCUT2D eigenvalue weighted by Gasteiger charge is 2.13. The summed E-state index contributed by atoms with van der Waals surface area (Å²) in [5.74, 6) is 5.59. The Morgan fingerprint density at radius 2 is 2.35 bits per heavy atom. The number of ether oxygens (including phenoxy) is 1. The Morgan fingerprint density at radius 1 is 1.65 bits per heavy atom. The van der Waals surface area contributed by atoms with Crippen LogP contribution in [0.25, 0.3) is 0 Å². The SMILES string of the molecule is CCCC(C)Oc1cc([N+](=O)[O-])cc(NN)n1. The third kappa shape index (κ3) is 3.87. The molecule has 0 spiro atoms. The van der Waals surface area contributed by atoms with E-state index in [9.17, 15) is 10.1 Å². The molecule has 1 aromatic rings. The van der Waals surface area contributed by atoms with Crippen LogP contribution in [0.3, 0.4) is 0 Å². The van der Waals surface area contributed by atoms with Crippen molar-refractivity contribution in [1.82, 2.24) is 4.98 Å². The average molecular weight is 240 g/mol. The second-order valence-electron chi connectivity index (χ2n) is 3.67. The van der Waals surface area contributed by atoms with Gasteiger partial charge >= 0.3 is 0 Å². The van der Waals surface area contributed by atoms with E-state index in [-0.39, 0.29) is 23.5 Å². The Morgan fingerprint density at radius 3 is 2.88 bits per heavy atom. The molecule has 7 heteroatoms. The molecule has 0 aliphatic carbocycles. The van der Waals surface area contributed by atoms with E-state index >= 15 is 0 Å². The number of hydrazine groups is 1. The van der Waals surface area contributed by atoms with E-state index in [2.05, 4.69) is 10.4 Å². The van der Waals surface area contributed by atoms with Crippen molar-refractivity contribution < 1.29 is 9.66 Å². The zero-order valence-electron chi connectivity index (χ0n) is 9.84. The van der Waals surface area contributed by atoms with Gasteiger partial charge in [0.25, 0.3) is 5.69 Å². The number of hydrogen-bond acceptors (Lipinski definition) is 6. The number of aromatic nitrogens is 1. The van der Waals surface area contributed by atoms with E-state index in [1.165, 1.54) is 12.1 Å². The summed E-state index contributed by atoms with van der Waals surface area (Å²) in [4.78, 5) is 14.2. The minimum absolute atomic E-state index is 0.0415. The van der Waals surface area contributed by atoms with Crippen LogP contribution in [-0.2, 0) is 0 Å². The molecule has 0 aliphatic heterocycles. The Kier molecular flexibility index (Phi) is 4.65. The maximum atomic E-state index is 10.7. The summed E-state index contributed by atoms with van der Waals surface area (Å²) in [5.41, 5.74) is 2.17. The summed E-state index contributed by atoms with van der Waals surface area (Å²) in [6, 6.07) is 2.53. The van der Waals surface area contributed by atoms with Crippen molar-refractivity contribution in [3.8, 4) is 5.88 Å².